The van der Waals surface area contributed by atoms with E-state index in [0.717, 1.165) is 11.4 Å². The summed E-state index contributed by atoms with van der Waals surface area (Å²) in [4.78, 5) is 16.4. The van der Waals surface area contributed by atoms with Gasteiger partial charge in [0, 0.05) is 17.1 Å². The third-order valence-electron chi connectivity index (χ3n) is 2.85. The fourth-order valence-corrected chi connectivity index (χ4v) is 2.67. The molecule has 0 aliphatic rings. The van der Waals surface area contributed by atoms with Gasteiger partial charge in [0.2, 0.25) is 0 Å². The number of thiazole rings is 1. The lowest BCUT2D eigenvalue weighted by Gasteiger charge is -2.18. The van der Waals surface area contributed by atoms with Gasteiger partial charge in [-0.3, -0.25) is 4.79 Å². The smallest absolute Gasteiger partial charge is 0.251 e. The molecule has 0 saturated heterocycles. The van der Waals surface area contributed by atoms with E-state index < -0.39 is 5.82 Å². The number of nitrogens with zero attached hydrogens (tertiary/aromatic N) is 1. The van der Waals surface area contributed by atoms with E-state index in [1.165, 1.54) is 29.5 Å². The summed E-state index contributed by atoms with van der Waals surface area (Å²) in [7, 11) is 0. The summed E-state index contributed by atoms with van der Waals surface area (Å²) >= 11 is 1.51. The maximum absolute atomic E-state index is 13.2. The number of halogens is 1. The van der Waals surface area contributed by atoms with Gasteiger partial charge in [-0.05, 0) is 30.5 Å². The Bertz CT molecular complexity index is 569. The van der Waals surface area contributed by atoms with Crippen LogP contribution in [0.5, 0.6) is 0 Å². The summed E-state index contributed by atoms with van der Waals surface area (Å²) in [5, 5.41) is 5.70. The highest BCUT2D eigenvalue weighted by Gasteiger charge is 2.19. The van der Waals surface area contributed by atoms with Gasteiger partial charge in [0.05, 0.1) is 6.04 Å². The van der Waals surface area contributed by atoms with E-state index in [2.05, 4.69) is 24.1 Å². The quantitative estimate of drug-likeness (QED) is 0.910. The molecular formula is C15H17FN2OS. The molecule has 106 valence electrons. The molecule has 1 amide bonds. The van der Waals surface area contributed by atoms with Gasteiger partial charge in [-0.15, -0.1) is 11.3 Å². The molecule has 1 N–H and O–H groups in total. The number of hydrogen-bond donors (Lipinski definition) is 1. The Kier molecular flexibility index (Phi) is 4.84. The standard InChI is InChI=1S/C15H17FN2OS/c1-10(2)8-13(15-17-6-7-20-15)18-14(19)11-4-3-5-12(16)9-11/h3-7,9-10,13H,8H2,1-2H3,(H,18,19). The number of aromatic nitrogens is 1. The highest BCUT2D eigenvalue weighted by molar-refractivity contribution is 7.09. The molecule has 20 heavy (non-hydrogen) atoms. The molecule has 0 radical (unpaired) electrons. The van der Waals surface area contributed by atoms with Gasteiger partial charge >= 0.3 is 0 Å². The fourth-order valence-electron chi connectivity index (χ4n) is 1.97. The largest absolute Gasteiger partial charge is 0.343 e. The lowest BCUT2D eigenvalue weighted by atomic mass is 10.0. The van der Waals surface area contributed by atoms with Crippen LogP contribution in [0, 0.1) is 11.7 Å². The minimum Gasteiger partial charge on any atom is -0.343 e. The fraction of sp³-hybridized carbons (Fsp3) is 0.333. The molecule has 1 aromatic heterocycles. The van der Waals surface area contributed by atoms with Crippen LogP contribution >= 0.6 is 11.3 Å². The molecule has 1 heterocycles. The first kappa shape index (κ1) is 14.7. The van der Waals surface area contributed by atoms with Gasteiger partial charge in [-0.1, -0.05) is 19.9 Å². The van der Waals surface area contributed by atoms with Gasteiger partial charge < -0.3 is 5.32 Å². The van der Waals surface area contributed by atoms with E-state index in [1.54, 1.807) is 12.3 Å². The van der Waals surface area contributed by atoms with Crippen LogP contribution in [0.2, 0.25) is 0 Å². The predicted octanol–water partition coefficient (Wildman–Crippen LogP) is 3.80. The SMILES string of the molecule is CC(C)CC(NC(=O)c1cccc(F)c1)c1nccs1. The Balaban J connectivity index is 2.13. The van der Waals surface area contributed by atoms with Crippen molar-refractivity contribution in [2.75, 3.05) is 0 Å². The highest BCUT2D eigenvalue weighted by atomic mass is 32.1. The van der Waals surface area contributed by atoms with Crippen LogP contribution < -0.4 is 5.32 Å². The van der Waals surface area contributed by atoms with E-state index in [1.807, 2.05) is 5.38 Å². The summed E-state index contributed by atoms with van der Waals surface area (Å²) < 4.78 is 13.2. The van der Waals surface area contributed by atoms with Crippen LogP contribution in [-0.2, 0) is 0 Å². The summed E-state index contributed by atoms with van der Waals surface area (Å²) in [5.41, 5.74) is 0.329. The second-order valence-corrected chi connectivity index (χ2v) is 5.96. The lowest BCUT2D eigenvalue weighted by molar-refractivity contribution is 0.0931. The third kappa shape index (κ3) is 3.87. The van der Waals surface area contributed by atoms with E-state index in [4.69, 9.17) is 0 Å². The minimum atomic E-state index is -0.410. The molecule has 3 nitrogen and oxygen atoms in total. The van der Waals surface area contributed by atoms with Crippen molar-refractivity contribution in [3.63, 3.8) is 0 Å². The number of rotatable bonds is 5. The molecule has 1 unspecified atom stereocenters. The number of nitrogens with one attached hydrogen (secondary N) is 1. The van der Waals surface area contributed by atoms with Crippen molar-refractivity contribution in [1.29, 1.82) is 0 Å². The summed E-state index contributed by atoms with van der Waals surface area (Å²) in [5.74, 6) is -0.255. The molecule has 0 bridgehead atoms. The molecule has 2 rings (SSSR count). The highest BCUT2D eigenvalue weighted by Crippen LogP contribution is 2.23. The van der Waals surface area contributed by atoms with Crippen molar-refractivity contribution < 1.29 is 9.18 Å². The van der Waals surface area contributed by atoms with Gasteiger partial charge in [-0.25, -0.2) is 9.37 Å². The average molecular weight is 292 g/mol. The first-order valence-corrected chi connectivity index (χ1v) is 7.40. The van der Waals surface area contributed by atoms with E-state index in [9.17, 15) is 9.18 Å². The second-order valence-electron chi connectivity index (χ2n) is 5.04. The van der Waals surface area contributed by atoms with Crippen molar-refractivity contribution >= 4 is 17.2 Å². The van der Waals surface area contributed by atoms with Crippen molar-refractivity contribution in [2.45, 2.75) is 26.3 Å². The Morgan fingerprint density at radius 3 is 2.85 bits per heavy atom. The summed E-state index contributed by atoms with van der Waals surface area (Å²) in [6, 6.07) is 5.57. The maximum atomic E-state index is 13.2. The van der Waals surface area contributed by atoms with Gasteiger partial charge in [-0.2, -0.15) is 0 Å². The predicted molar refractivity (Wildman–Crippen MR) is 78.2 cm³/mol. The van der Waals surface area contributed by atoms with Crippen LogP contribution in [0.1, 0.15) is 41.7 Å². The molecule has 1 aromatic carbocycles. The van der Waals surface area contributed by atoms with Gasteiger partial charge in [0.15, 0.2) is 0 Å². The molecule has 1 atom stereocenters. The van der Waals surface area contributed by atoms with Gasteiger partial charge in [0.1, 0.15) is 10.8 Å². The average Bonchev–Trinajstić information content (AvgIpc) is 2.91. The Labute approximate surface area is 121 Å². The van der Waals surface area contributed by atoms with Crippen molar-refractivity contribution in [3.05, 3.63) is 52.2 Å². The zero-order valence-corrected chi connectivity index (χ0v) is 12.3. The minimum absolute atomic E-state index is 0.134. The second kappa shape index (κ2) is 6.61. The molecule has 0 spiro atoms. The topological polar surface area (TPSA) is 42.0 Å². The van der Waals surface area contributed by atoms with E-state index in [-0.39, 0.29) is 11.9 Å². The van der Waals surface area contributed by atoms with Crippen LogP contribution in [0.25, 0.3) is 0 Å². The number of amides is 1. The van der Waals surface area contributed by atoms with Crippen LogP contribution in [0.3, 0.4) is 0 Å². The number of benzene rings is 1. The molecular weight excluding hydrogens is 275 g/mol. The van der Waals surface area contributed by atoms with Crippen LogP contribution in [0.4, 0.5) is 4.39 Å². The van der Waals surface area contributed by atoms with Crippen molar-refractivity contribution in [1.82, 2.24) is 10.3 Å². The first-order valence-electron chi connectivity index (χ1n) is 6.52. The summed E-state index contributed by atoms with van der Waals surface area (Å²) in [6.45, 7) is 4.18. The Morgan fingerprint density at radius 2 is 2.25 bits per heavy atom. The molecule has 2 aromatic rings. The lowest BCUT2D eigenvalue weighted by Crippen LogP contribution is -2.29. The molecule has 5 heteroatoms. The Morgan fingerprint density at radius 1 is 1.45 bits per heavy atom. The molecule has 0 aliphatic heterocycles. The van der Waals surface area contributed by atoms with Crippen LogP contribution in [0.15, 0.2) is 35.8 Å². The monoisotopic (exact) mass is 292 g/mol. The van der Waals surface area contributed by atoms with Crippen molar-refractivity contribution in [3.8, 4) is 0 Å². The van der Waals surface area contributed by atoms with E-state index >= 15 is 0 Å². The van der Waals surface area contributed by atoms with Crippen LogP contribution in [-0.4, -0.2) is 10.9 Å². The maximum Gasteiger partial charge on any atom is 0.251 e. The van der Waals surface area contributed by atoms with Crippen molar-refractivity contribution in [2.24, 2.45) is 5.92 Å². The third-order valence-corrected chi connectivity index (χ3v) is 3.74. The zero-order valence-electron chi connectivity index (χ0n) is 11.5. The molecule has 0 aliphatic carbocycles. The first-order chi connectivity index (χ1) is 9.56. The number of hydrogen-bond acceptors (Lipinski definition) is 3. The molecule has 0 fully saturated rings. The van der Waals surface area contributed by atoms with E-state index in [0.29, 0.717) is 11.5 Å². The van der Waals surface area contributed by atoms with Gasteiger partial charge in [0.25, 0.3) is 5.91 Å². The zero-order chi connectivity index (χ0) is 14.5. The normalized spacial score (nSPS) is 12.4. The molecule has 0 saturated carbocycles. The summed E-state index contributed by atoms with van der Waals surface area (Å²) in [6.07, 6.45) is 2.52. The number of carbonyl (C=O) groups is 1. The Hall–Kier alpha value is -1.75. The number of carbonyl (C=O) groups excluding carboxylic acids is 1.